The zero-order valence-corrected chi connectivity index (χ0v) is 17.6. The van der Waals surface area contributed by atoms with Crippen LogP contribution in [0.4, 0.5) is 5.69 Å². The fourth-order valence-corrected chi connectivity index (χ4v) is 3.85. The maximum atomic E-state index is 12.4. The Balaban J connectivity index is 1.97. The molecule has 1 heterocycles. The third-order valence-corrected chi connectivity index (χ3v) is 5.23. The van der Waals surface area contributed by atoms with Crippen molar-refractivity contribution in [1.29, 1.82) is 0 Å². The number of thiazole rings is 1. The van der Waals surface area contributed by atoms with Gasteiger partial charge in [-0.05, 0) is 36.8 Å². The third-order valence-electron chi connectivity index (χ3n) is 4.19. The van der Waals surface area contributed by atoms with Crippen molar-refractivity contribution in [2.45, 2.75) is 13.5 Å². The van der Waals surface area contributed by atoms with Gasteiger partial charge in [0.05, 0.1) is 28.9 Å². The van der Waals surface area contributed by atoms with E-state index in [1.165, 1.54) is 48.8 Å². The van der Waals surface area contributed by atoms with Gasteiger partial charge in [0.2, 0.25) is 0 Å². The molecule has 0 saturated carbocycles. The minimum absolute atomic E-state index is 0.0722. The molecule has 160 valence electrons. The Morgan fingerprint density at radius 3 is 2.77 bits per heavy atom. The standard InChI is InChI=1S/C21H19N3O6S/c1-3-30-16-8-9-17-18(12-16)31-21(23(17)13-20(26)29-2)22-19(25)10-7-14-5-4-6-15(11-14)24(27)28/h4-12H,3,13H2,1-2H3/b10-7+,22-21?. The first-order valence-corrected chi connectivity index (χ1v) is 10.1. The second kappa shape index (κ2) is 9.81. The fraction of sp³-hybridized carbons (Fsp3) is 0.190. The van der Waals surface area contributed by atoms with Crippen molar-refractivity contribution in [3.05, 3.63) is 69.0 Å². The molecule has 31 heavy (non-hydrogen) atoms. The summed E-state index contributed by atoms with van der Waals surface area (Å²) in [5, 5.41) is 10.9. The second-order valence-corrected chi connectivity index (χ2v) is 7.25. The highest BCUT2D eigenvalue weighted by Crippen LogP contribution is 2.23. The zero-order chi connectivity index (χ0) is 22.4. The Labute approximate surface area is 181 Å². The average Bonchev–Trinajstić information content (AvgIpc) is 3.08. The summed E-state index contributed by atoms with van der Waals surface area (Å²) in [4.78, 5) is 39.1. The molecule has 0 fully saturated rings. The Hall–Kier alpha value is -3.79. The molecule has 0 aliphatic carbocycles. The summed E-state index contributed by atoms with van der Waals surface area (Å²) in [6.07, 6.45) is 2.67. The lowest BCUT2D eigenvalue weighted by Gasteiger charge is -2.05. The van der Waals surface area contributed by atoms with Crippen molar-refractivity contribution in [3.8, 4) is 5.75 Å². The Bertz CT molecular complexity index is 1240. The van der Waals surface area contributed by atoms with Crippen LogP contribution in [0.1, 0.15) is 12.5 Å². The molecule has 0 saturated heterocycles. The van der Waals surface area contributed by atoms with E-state index in [1.807, 2.05) is 13.0 Å². The number of aromatic nitrogens is 1. The van der Waals surface area contributed by atoms with Gasteiger partial charge in [0.15, 0.2) is 4.80 Å². The highest BCUT2D eigenvalue weighted by Gasteiger charge is 2.12. The minimum atomic E-state index is -0.568. The summed E-state index contributed by atoms with van der Waals surface area (Å²) < 4.78 is 12.7. The molecular formula is C21H19N3O6S. The molecule has 3 rings (SSSR count). The monoisotopic (exact) mass is 441 g/mol. The molecule has 0 radical (unpaired) electrons. The summed E-state index contributed by atoms with van der Waals surface area (Å²) in [6, 6.07) is 11.3. The molecule has 0 atom stereocenters. The van der Waals surface area contributed by atoms with E-state index in [9.17, 15) is 19.7 Å². The highest BCUT2D eigenvalue weighted by molar-refractivity contribution is 7.16. The average molecular weight is 441 g/mol. The number of amides is 1. The molecule has 2 aromatic carbocycles. The molecular weight excluding hydrogens is 422 g/mol. The Morgan fingerprint density at radius 1 is 1.26 bits per heavy atom. The maximum Gasteiger partial charge on any atom is 0.325 e. The Kier molecular flexibility index (Phi) is 6.93. The van der Waals surface area contributed by atoms with Gasteiger partial charge in [0.1, 0.15) is 12.3 Å². The molecule has 0 N–H and O–H groups in total. The van der Waals surface area contributed by atoms with Crippen LogP contribution in [0.5, 0.6) is 5.75 Å². The molecule has 9 nitrogen and oxygen atoms in total. The van der Waals surface area contributed by atoms with Gasteiger partial charge in [0, 0.05) is 18.2 Å². The van der Waals surface area contributed by atoms with Crippen molar-refractivity contribution < 1.29 is 24.0 Å². The van der Waals surface area contributed by atoms with Gasteiger partial charge in [-0.1, -0.05) is 23.5 Å². The van der Waals surface area contributed by atoms with Crippen LogP contribution in [-0.2, 0) is 20.9 Å². The summed E-state index contributed by atoms with van der Waals surface area (Å²) in [6.45, 7) is 2.28. The van der Waals surface area contributed by atoms with Gasteiger partial charge in [-0.25, -0.2) is 0 Å². The van der Waals surface area contributed by atoms with E-state index in [2.05, 4.69) is 4.99 Å². The molecule has 0 aliphatic rings. The van der Waals surface area contributed by atoms with Gasteiger partial charge in [0.25, 0.3) is 11.6 Å². The van der Waals surface area contributed by atoms with E-state index in [1.54, 1.807) is 22.8 Å². The first kappa shape index (κ1) is 21.9. The largest absolute Gasteiger partial charge is 0.494 e. The minimum Gasteiger partial charge on any atom is -0.494 e. The molecule has 0 spiro atoms. The second-order valence-electron chi connectivity index (χ2n) is 6.24. The van der Waals surface area contributed by atoms with Crippen LogP contribution in [-0.4, -0.2) is 35.1 Å². The topological polar surface area (TPSA) is 113 Å². The quantitative estimate of drug-likeness (QED) is 0.241. The van der Waals surface area contributed by atoms with E-state index in [0.29, 0.717) is 28.2 Å². The number of nitro benzene ring substituents is 1. The number of hydrogen-bond donors (Lipinski definition) is 0. The van der Waals surface area contributed by atoms with Crippen molar-refractivity contribution in [3.63, 3.8) is 0 Å². The SMILES string of the molecule is CCOc1ccc2c(c1)sc(=NC(=O)/C=C/c1cccc([N+](=O)[O-])c1)n2CC(=O)OC. The predicted molar refractivity (Wildman–Crippen MR) is 116 cm³/mol. The first-order chi connectivity index (χ1) is 14.9. The van der Waals surface area contributed by atoms with Crippen LogP contribution in [0, 0.1) is 10.1 Å². The van der Waals surface area contributed by atoms with E-state index in [0.717, 1.165) is 4.70 Å². The number of carbonyl (C=O) groups excluding carboxylic acids is 2. The Morgan fingerprint density at radius 2 is 2.06 bits per heavy atom. The number of ether oxygens (including phenoxy) is 2. The number of nitro groups is 1. The van der Waals surface area contributed by atoms with Gasteiger partial charge in [-0.15, -0.1) is 0 Å². The van der Waals surface area contributed by atoms with Crippen molar-refractivity contribution in [2.75, 3.05) is 13.7 Å². The van der Waals surface area contributed by atoms with E-state index < -0.39 is 16.8 Å². The molecule has 0 bridgehead atoms. The first-order valence-electron chi connectivity index (χ1n) is 9.25. The number of nitrogens with zero attached hydrogens (tertiary/aromatic N) is 3. The number of rotatable bonds is 7. The zero-order valence-electron chi connectivity index (χ0n) is 16.8. The van der Waals surface area contributed by atoms with Crippen LogP contribution < -0.4 is 9.54 Å². The van der Waals surface area contributed by atoms with E-state index in [4.69, 9.17) is 9.47 Å². The molecule has 3 aromatic rings. The van der Waals surface area contributed by atoms with Crippen molar-refractivity contribution in [1.82, 2.24) is 4.57 Å². The van der Waals surface area contributed by atoms with Crippen LogP contribution in [0.15, 0.2) is 53.5 Å². The lowest BCUT2D eigenvalue weighted by atomic mass is 10.2. The van der Waals surface area contributed by atoms with Crippen LogP contribution in [0.2, 0.25) is 0 Å². The van der Waals surface area contributed by atoms with Crippen molar-refractivity contribution >= 4 is 45.2 Å². The van der Waals surface area contributed by atoms with Crippen LogP contribution in [0.3, 0.4) is 0 Å². The number of hydrogen-bond acceptors (Lipinski definition) is 7. The maximum absolute atomic E-state index is 12.4. The van der Waals surface area contributed by atoms with Gasteiger partial charge >= 0.3 is 5.97 Å². The number of fused-ring (bicyclic) bond motifs is 1. The summed E-state index contributed by atoms with van der Waals surface area (Å²) in [5.74, 6) is -0.374. The molecule has 10 heteroatoms. The van der Waals surface area contributed by atoms with Gasteiger partial charge in [-0.3, -0.25) is 19.7 Å². The van der Waals surface area contributed by atoms with E-state index >= 15 is 0 Å². The molecule has 1 amide bonds. The summed E-state index contributed by atoms with van der Waals surface area (Å²) in [5.41, 5.74) is 1.14. The fourth-order valence-electron chi connectivity index (χ4n) is 2.78. The van der Waals surface area contributed by atoms with Crippen molar-refractivity contribution in [2.24, 2.45) is 4.99 Å². The highest BCUT2D eigenvalue weighted by atomic mass is 32.1. The van der Waals surface area contributed by atoms with E-state index in [-0.39, 0.29) is 12.2 Å². The number of carbonyl (C=O) groups is 2. The number of esters is 1. The molecule has 0 unspecified atom stereocenters. The third kappa shape index (κ3) is 5.43. The van der Waals surface area contributed by atoms with Gasteiger partial charge < -0.3 is 14.0 Å². The summed E-state index contributed by atoms with van der Waals surface area (Å²) >= 11 is 1.24. The number of non-ortho nitro benzene ring substituents is 1. The number of methoxy groups -OCH3 is 1. The smallest absolute Gasteiger partial charge is 0.325 e. The molecule has 1 aromatic heterocycles. The lowest BCUT2D eigenvalue weighted by Crippen LogP contribution is -2.22. The van der Waals surface area contributed by atoms with Gasteiger partial charge in [-0.2, -0.15) is 4.99 Å². The predicted octanol–water partition coefficient (Wildman–Crippen LogP) is 3.32. The number of benzene rings is 2. The normalized spacial score (nSPS) is 11.7. The molecule has 0 aliphatic heterocycles. The summed E-state index contributed by atoms with van der Waals surface area (Å²) in [7, 11) is 1.29. The van der Waals surface area contributed by atoms with Crippen LogP contribution in [0.25, 0.3) is 16.3 Å². The lowest BCUT2D eigenvalue weighted by molar-refractivity contribution is -0.384. The van der Waals surface area contributed by atoms with Crippen LogP contribution >= 0.6 is 11.3 Å².